The quantitative estimate of drug-likeness (QED) is 0.688. The molecule has 1 aliphatic heterocycles. The van der Waals surface area contributed by atoms with Crippen LogP contribution in [0.3, 0.4) is 0 Å². The van der Waals surface area contributed by atoms with Gasteiger partial charge in [0.25, 0.3) is 10.0 Å². The first-order valence-electron chi connectivity index (χ1n) is 8.48. The number of benzene rings is 1. The smallest absolute Gasteiger partial charge is 0.262 e. The molecule has 154 valence electrons. The van der Waals surface area contributed by atoms with Gasteiger partial charge in [0.2, 0.25) is 10.0 Å². The molecule has 0 saturated carbocycles. The van der Waals surface area contributed by atoms with Crippen molar-refractivity contribution in [2.75, 3.05) is 33.3 Å². The van der Waals surface area contributed by atoms with Crippen LogP contribution in [0.25, 0.3) is 0 Å². The Hall–Kier alpha value is -2.02. The minimum Gasteiger partial charge on any atom is -0.495 e. The van der Waals surface area contributed by atoms with Gasteiger partial charge in [0, 0.05) is 39.4 Å². The average Bonchev–Trinajstić information content (AvgIpc) is 2.93. The van der Waals surface area contributed by atoms with Crippen molar-refractivity contribution in [3.8, 4) is 5.75 Å². The van der Waals surface area contributed by atoms with Crippen LogP contribution in [0.5, 0.6) is 5.75 Å². The van der Waals surface area contributed by atoms with E-state index in [1.807, 2.05) is 0 Å². The summed E-state index contributed by atoms with van der Waals surface area (Å²) in [5, 5.41) is -0.0851. The Morgan fingerprint density at radius 2 is 1.68 bits per heavy atom. The highest BCUT2D eigenvalue weighted by Crippen LogP contribution is 2.28. The number of methoxy groups -OCH3 is 1. The van der Waals surface area contributed by atoms with E-state index in [9.17, 15) is 21.2 Å². The second-order valence-corrected chi connectivity index (χ2v) is 10.1. The van der Waals surface area contributed by atoms with Crippen LogP contribution >= 0.6 is 0 Å². The third-order valence-electron chi connectivity index (χ3n) is 4.44. The number of halogens is 1. The minimum absolute atomic E-state index is 0.0311. The molecular weight excluding hydrogens is 411 g/mol. The Balaban J connectivity index is 1.85. The zero-order valence-electron chi connectivity index (χ0n) is 15.4. The molecule has 2 heterocycles. The van der Waals surface area contributed by atoms with Crippen LogP contribution in [0, 0.1) is 5.82 Å². The van der Waals surface area contributed by atoms with E-state index < -0.39 is 25.9 Å². The second-order valence-electron chi connectivity index (χ2n) is 6.33. The molecule has 0 bridgehead atoms. The number of hydrogen-bond donors (Lipinski definition) is 0. The molecule has 2 aromatic rings. The Kier molecular flexibility index (Phi) is 5.75. The van der Waals surface area contributed by atoms with E-state index in [0.717, 1.165) is 16.4 Å². The fourth-order valence-corrected chi connectivity index (χ4v) is 6.07. The normalized spacial score (nSPS) is 17.4. The Bertz CT molecular complexity index is 1070. The number of imidazole rings is 1. The molecule has 0 unspecified atom stereocenters. The van der Waals surface area contributed by atoms with E-state index in [0.29, 0.717) is 6.42 Å². The van der Waals surface area contributed by atoms with Gasteiger partial charge in [0.05, 0.1) is 13.4 Å². The highest BCUT2D eigenvalue weighted by Gasteiger charge is 2.34. The van der Waals surface area contributed by atoms with E-state index in [4.69, 9.17) is 4.74 Å². The number of nitrogens with zero attached hydrogens (tertiary/aromatic N) is 4. The first kappa shape index (κ1) is 20.7. The lowest BCUT2D eigenvalue weighted by atomic mass is 10.3. The Morgan fingerprint density at radius 1 is 1.04 bits per heavy atom. The lowest BCUT2D eigenvalue weighted by Crippen LogP contribution is -2.37. The molecule has 0 atom stereocenters. The first-order chi connectivity index (χ1) is 13.2. The molecule has 1 aromatic carbocycles. The maximum absolute atomic E-state index is 13.6. The van der Waals surface area contributed by atoms with Gasteiger partial charge in [-0.15, -0.1) is 0 Å². The monoisotopic (exact) mass is 432 g/mol. The fraction of sp³-hybridized carbons (Fsp3) is 0.438. The second kappa shape index (κ2) is 7.78. The van der Waals surface area contributed by atoms with Gasteiger partial charge in [-0.25, -0.2) is 26.2 Å². The number of sulfonamides is 2. The predicted octanol–water partition coefficient (Wildman–Crippen LogP) is 0.653. The van der Waals surface area contributed by atoms with E-state index in [1.165, 1.54) is 34.6 Å². The number of rotatable bonds is 5. The van der Waals surface area contributed by atoms with Gasteiger partial charge in [-0.3, -0.25) is 0 Å². The van der Waals surface area contributed by atoms with Crippen LogP contribution in [-0.4, -0.2) is 68.3 Å². The topological polar surface area (TPSA) is 102 Å². The molecule has 12 heteroatoms. The van der Waals surface area contributed by atoms with Gasteiger partial charge in [-0.2, -0.15) is 8.61 Å². The molecule has 1 aliphatic rings. The van der Waals surface area contributed by atoms with Crippen molar-refractivity contribution in [3.05, 3.63) is 36.5 Å². The molecule has 3 rings (SSSR count). The highest BCUT2D eigenvalue weighted by molar-refractivity contribution is 7.89. The summed E-state index contributed by atoms with van der Waals surface area (Å²) in [6, 6.07) is 3.26. The van der Waals surface area contributed by atoms with Gasteiger partial charge in [-0.05, 0) is 24.6 Å². The molecule has 1 saturated heterocycles. The number of aromatic nitrogens is 2. The van der Waals surface area contributed by atoms with Gasteiger partial charge < -0.3 is 9.30 Å². The summed E-state index contributed by atoms with van der Waals surface area (Å²) in [6.45, 7) is 0.172. The Labute approximate surface area is 163 Å². The zero-order chi connectivity index (χ0) is 20.5. The summed E-state index contributed by atoms with van der Waals surface area (Å²) >= 11 is 0. The molecule has 0 aliphatic carbocycles. The highest BCUT2D eigenvalue weighted by atomic mass is 32.2. The number of aryl methyl sites for hydroxylation is 1. The SMILES string of the molecule is COc1ccc(F)cc1S(=O)(=O)N1CCCN(S(=O)(=O)c2cn(C)cn2)CC1. The van der Waals surface area contributed by atoms with Crippen LogP contribution in [-0.2, 0) is 27.1 Å². The Morgan fingerprint density at radius 3 is 2.25 bits per heavy atom. The largest absolute Gasteiger partial charge is 0.495 e. The van der Waals surface area contributed by atoms with Crippen molar-refractivity contribution in [2.24, 2.45) is 7.05 Å². The summed E-state index contributed by atoms with van der Waals surface area (Å²) < 4.78 is 74.1. The molecule has 0 spiro atoms. The average molecular weight is 432 g/mol. The van der Waals surface area contributed by atoms with E-state index in [1.54, 1.807) is 7.05 Å². The van der Waals surface area contributed by atoms with Crippen LogP contribution in [0.2, 0.25) is 0 Å². The molecule has 9 nitrogen and oxygen atoms in total. The summed E-state index contributed by atoms with van der Waals surface area (Å²) in [5.74, 6) is -0.669. The summed E-state index contributed by atoms with van der Waals surface area (Å²) in [5.41, 5.74) is 0. The van der Waals surface area contributed by atoms with Crippen molar-refractivity contribution in [1.29, 1.82) is 0 Å². The van der Waals surface area contributed by atoms with Crippen LogP contribution in [0.1, 0.15) is 6.42 Å². The van der Waals surface area contributed by atoms with Crippen molar-refractivity contribution in [1.82, 2.24) is 18.2 Å². The van der Waals surface area contributed by atoms with Gasteiger partial charge in [-0.1, -0.05) is 0 Å². The lowest BCUT2D eigenvalue weighted by molar-refractivity contribution is 0.386. The van der Waals surface area contributed by atoms with Gasteiger partial charge in [0.15, 0.2) is 5.03 Å². The third kappa shape index (κ3) is 3.90. The van der Waals surface area contributed by atoms with E-state index >= 15 is 0 Å². The molecule has 0 radical (unpaired) electrons. The van der Waals surface area contributed by atoms with Crippen molar-refractivity contribution >= 4 is 20.0 Å². The number of ether oxygens (including phenoxy) is 1. The van der Waals surface area contributed by atoms with Crippen molar-refractivity contribution < 1.29 is 26.0 Å². The maximum Gasteiger partial charge on any atom is 0.262 e. The van der Waals surface area contributed by atoms with E-state index in [2.05, 4.69) is 4.98 Å². The summed E-state index contributed by atoms with van der Waals surface area (Å²) in [7, 11) is -4.91. The maximum atomic E-state index is 13.6. The lowest BCUT2D eigenvalue weighted by Gasteiger charge is -2.22. The minimum atomic E-state index is -4.05. The first-order valence-corrected chi connectivity index (χ1v) is 11.4. The zero-order valence-corrected chi connectivity index (χ0v) is 17.1. The van der Waals surface area contributed by atoms with Gasteiger partial charge >= 0.3 is 0 Å². The van der Waals surface area contributed by atoms with Crippen molar-refractivity contribution in [2.45, 2.75) is 16.3 Å². The molecule has 1 aromatic heterocycles. The predicted molar refractivity (Wildman–Crippen MR) is 98.3 cm³/mol. The van der Waals surface area contributed by atoms with Crippen LogP contribution in [0.15, 0.2) is 40.6 Å². The summed E-state index contributed by atoms with van der Waals surface area (Å²) in [6.07, 6.45) is 3.08. The molecule has 1 fully saturated rings. The van der Waals surface area contributed by atoms with Gasteiger partial charge in [0.1, 0.15) is 16.5 Å². The van der Waals surface area contributed by atoms with Crippen LogP contribution < -0.4 is 4.74 Å². The number of hydrogen-bond acceptors (Lipinski definition) is 6. The molecular formula is C16H21FN4O5S2. The standard InChI is InChI=1S/C16H21FN4O5S2/c1-19-11-16(18-12-19)28(24,25)21-7-3-6-20(8-9-21)27(22,23)15-10-13(17)4-5-14(15)26-2/h4-5,10-12H,3,6-9H2,1-2H3. The molecule has 0 amide bonds. The molecule has 28 heavy (non-hydrogen) atoms. The molecule has 0 N–H and O–H groups in total. The van der Waals surface area contributed by atoms with Crippen molar-refractivity contribution in [3.63, 3.8) is 0 Å². The fourth-order valence-electron chi connectivity index (χ4n) is 3.00. The van der Waals surface area contributed by atoms with Crippen LogP contribution in [0.4, 0.5) is 4.39 Å². The van der Waals surface area contributed by atoms with E-state index in [-0.39, 0.29) is 41.8 Å². The summed E-state index contributed by atoms with van der Waals surface area (Å²) in [4.78, 5) is 3.60. The third-order valence-corrected chi connectivity index (χ3v) is 8.15.